The van der Waals surface area contributed by atoms with E-state index in [1.165, 1.54) is 0 Å². The van der Waals surface area contributed by atoms with Crippen LogP contribution in [0.2, 0.25) is 0 Å². The second-order valence-electron chi connectivity index (χ2n) is 4.51. The minimum Gasteiger partial charge on any atom is -0.497 e. The van der Waals surface area contributed by atoms with Crippen LogP contribution in [0.1, 0.15) is 24.4 Å². The van der Waals surface area contributed by atoms with E-state index in [-0.39, 0.29) is 12.5 Å². The van der Waals surface area contributed by atoms with Crippen molar-refractivity contribution in [2.75, 3.05) is 7.11 Å². The fraction of sp³-hybridized carbons (Fsp3) is 0.462. The quantitative estimate of drug-likeness (QED) is 0.745. The molecule has 0 saturated carbocycles. The van der Waals surface area contributed by atoms with Crippen LogP contribution in [0, 0.1) is 0 Å². The van der Waals surface area contributed by atoms with E-state index in [9.17, 15) is 9.90 Å². The summed E-state index contributed by atoms with van der Waals surface area (Å²) >= 11 is 0. The van der Waals surface area contributed by atoms with Crippen LogP contribution in [0.5, 0.6) is 5.75 Å². The number of hydrogen-bond acceptors (Lipinski definition) is 4. The molecule has 1 aromatic rings. The highest BCUT2D eigenvalue weighted by Gasteiger charge is 2.31. The van der Waals surface area contributed by atoms with E-state index in [0.29, 0.717) is 6.42 Å². The number of benzene rings is 1. The zero-order valence-electron chi connectivity index (χ0n) is 10.2. The molecule has 5 heteroatoms. The molecule has 1 aliphatic rings. The first-order valence-corrected chi connectivity index (χ1v) is 5.91. The summed E-state index contributed by atoms with van der Waals surface area (Å²) in [6.07, 6.45) is 0.192. The molecular weight excluding hydrogens is 234 g/mol. The van der Waals surface area contributed by atoms with Gasteiger partial charge in [0.2, 0.25) is 0 Å². The summed E-state index contributed by atoms with van der Waals surface area (Å²) in [6, 6.07) is 6.59. The molecule has 1 saturated heterocycles. The molecule has 0 aliphatic carbocycles. The number of carbonyl (C=O) groups is 1. The van der Waals surface area contributed by atoms with E-state index in [1.54, 1.807) is 7.11 Å². The van der Waals surface area contributed by atoms with Gasteiger partial charge in [0, 0.05) is 6.04 Å². The van der Waals surface area contributed by atoms with Gasteiger partial charge in [0.05, 0.1) is 13.2 Å². The van der Waals surface area contributed by atoms with Crippen LogP contribution in [-0.4, -0.2) is 35.4 Å². The van der Waals surface area contributed by atoms with E-state index in [4.69, 9.17) is 9.84 Å². The molecule has 1 aliphatic heterocycles. The van der Waals surface area contributed by atoms with Gasteiger partial charge in [0.1, 0.15) is 11.8 Å². The van der Waals surface area contributed by atoms with E-state index in [0.717, 1.165) is 11.3 Å². The van der Waals surface area contributed by atoms with Gasteiger partial charge >= 0.3 is 5.97 Å². The standard InChI is InChI=1S/C13H17NO4/c1-18-10-4-2-8(3-5-10)11-6-9(15)7-12(14-11)13(16)17/h2-5,9,11-12,14-15H,6-7H2,1H3,(H,16,17)/t9-,11-,12+/m1/s1. The Balaban J connectivity index is 2.13. The maximum atomic E-state index is 11.0. The number of rotatable bonds is 3. The lowest BCUT2D eigenvalue weighted by Crippen LogP contribution is -2.47. The number of methoxy groups -OCH3 is 1. The number of nitrogens with one attached hydrogen (secondary N) is 1. The number of carboxylic acids is 1. The zero-order valence-corrected chi connectivity index (χ0v) is 10.2. The minimum absolute atomic E-state index is 0.138. The Morgan fingerprint density at radius 3 is 2.56 bits per heavy atom. The third kappa shape index (κ3) is 2.80. The molecule has 0 spiro atoms. The molecule has 5 nitrogen and oxygen atoms in total. The second kappa shape index (κ2) is 5.37. The Hall–Kier alpha value is -1.59. The average Bonchev–Trinajstić information content (AvgIpc) is 2.38. The van der Waals surface area contributed by atoms with Crippen LogP contribution in [0.4, 0.5) is 0 Å². The normalized spacial score (nSPS) is 27.8. The zero-order chi connectivity index (χ0) is 13.1. The third-order valence-corrected chi connectivity index (χ3v) is 3.23. The molecule has 3 atom stereocenters. The Morgan fingerprint density at radius 1 is 1.33 bits per heavy atom. The van der Waals surface area contributed by atoms with Crippen molar-refractivity contribution >= 4 is 5.97 Å². The van der Waals surface area contributed by atoms with Crippen LogP contribution in [-0.2, 0) is 4.79 Å². The van der Waals surface area contributed by atoms with Crippen molar-refractivity contribution in [1.29, 1.82) is 0 Å². The molecule has 98 valence electrons. The summed E-state index contributed by atoms with van der Waals surface area (Å²) in [7, 11) is 1.60. The van der Waals surface area contributed by atoms with E-state index in [2.05, 4.69) is 5.32 Å². The predicted octanol–water partition coefficient (Wildman–Crippen LogP) is 0.934. The Morgan fingerprint density at radius 2 is 2.00 bits per heavy atom. The van der Waals surface area contributed by atoms with Gasteiger partial charge in [0.25, 0.3) is 0 Å². The van der Waals surface area contributed by atoms with Crippen molar-refractivity contribution in [2.24, 2.45) is 0 Å². The first-order chi connectivity index (χ1) is 8.60. The molecule has 0 amide bonds. The summed E-state index contributed by atoms with van der Waals surface area (Å²) in [6.45, 7) is 0. The van der Waals surface area contributed by atoms with Crippen molar-refractivity contribution in [1.82, 2.24) is 5.32 Å². The molecule has 1 heterocycles. The van der Waals surface area contributed by atoms with Gasteiger partial charge in [0.15, 0.2) is 0 Å². The lowest BCUT2D eigenvalue weighted by molar-refractivity contribution is -0.141. The molecule has 0 aromatic heterocycles. The van der Waals surface area contributed by atoms with Gasteiger partial charge in [-0.2, -0.15) is 0 Å². The van der Waals surface area contributed by atoms with Crippen LogP contribution in [0.15, 0.2) is 24.3 Å². The number of piperidine rings is 1. The highest BCUT2D eigenvalue weighted by molar-refractivity contribution is 5.73. The fourth-order valence-electron chi connectivity index (χ4n) is 2.26. The Kier molecular flexibility index (Phi) is 3.84. The highest BCUT2D eigenvalue weighted by Crippen LogP contribution is 2.27. The SMILES string of the molecule is COc1ccc([C@H]2C[C@@H](O)C[C@@H](C(=O)O)N2)cc1. The lowest BCUT2D eigenvalue weighted by Gasteiger charge is -2.32. The van der Waals surface area contributed by atoms with Gasteiger partial charge in [-0.3, -0.25) is 10.1 Å². The van der Waals surface area contributed by atoms with Crippen LogP contribution >= 0.6 is 0 Å². The van der Waals surface area contributed by atoms with Crippen molar-refractivity contribution in [3.05, 3.63) is 29.8 Å². The topological polar surface area (TPSA) is 78.8 Å². The second-order valence-corrected chi connectivity index (χ2v) is 4.51. The molecule has 18 heavy (non-hydrogen) atoms. The van der Waals surface area contributed by atoms with Gasteiger partial charge in [-0.05, 0) is 30.5 Å². The number of aliphatic carboxylic acids is 1. The first kappa shape index (κ1) is 12.9. The summed E-state index contributed by atoms with van der Waals surface area (Å²) in [5, 5.41) is 21.8. The van der Waals surface area contributed by atoms with Crippen molar-refractivity contribution in [3.63, 3.8) is 0 Å². The Bertz CT molecular complexity index is 418. The maximum Gasteiger partial charge on any atom is 0.320 e. The summed E-state index contributed by atoms with van der Waals surface area (Å²) in [4.78, 5) is 11.0. The highest BCUT2D eigenvalue weighted by atomic mass is 16.5. The number of aliphatic hydroxyl groups is 1. The number of hydrogen-bond donors (Lipinski definition) is 3. The van der Waals surface area contributed by atoms with E-state index >= 15 is 0 Å². The molecule has 1 fully saturated rings. The third-order valence-electron chi connectivity index (χ3n) is 3.23. The van der Waals surface area contributed by atoms with Crippen molar-refractivity contribution < 1.29 is 19.7 Å². The van der Waals surface area contributed by atoms with Crippen molar-refractivity contribution in [3.8, 4) is 5.75 Å². The van der Waals surface area contributed by atoms with Gasteiger partial charge in [-0.1, -0.05) is 12.1 Å². The molecule has 0 bridgehead atoms. The molecule has 1 aromatic carbocycles. The molecule has 0 unspecified atom stereocenters. The summed E-state index contributed by atoms with van der Waals surface area (Å²) < 4.78 is 5.07. The van der Waals surface area contributed by atoms with Crippen LogP contribution < -0.4 is 10.1 Å². The monoisotopic (exact) mass is 251 g/mol. The van der Waals surface area contributed by atoms with Gasteiger partial charge in [-0.15, -0.1) is 0 Å². The molecule has 3 N–H and O–H groups in total. The average molecular weight is 251 g/mol. The molecule has 0 radical (unpaired) electrons. The number of aliphatic hydroxyl groups excluding tert-OH is 1. The van der Waals surface area contributed by atoms with Gasteiger partial charge in [-0.25, -0.2) is 0 Å². The molecular formula is C13H17NO4. The van der Waals surface area contributed by atoms with Crippen molar-refractivity contribution in [2.45, 2.75) is 31.0 Å². The first-order valence-electron chi connectivity index (χ1n) is 5.91. The number of ether oxygens (including phenoxy) is 1. The van der Waals surface area contributed by atoms with E-state index < -0.39 is 18.1 Å². The predicted molar refractivity (Wildman–Crippen MR) is 65.5 cm³/mol. The van der Waals surface area contributed by atoms with E-state index in [1.807, 2.05) is 24.3 Å². The summed E-state index contributed by atoms with van der Waals surface area (Å²) in [5.74, 6) is -0.169. The lowest BCUT2D eigenvalue weighted by atomic mass is 9.91. The van der Waals surface area contributed by atoms with Crippen LogP contribution in [0.3, 0.4) is 0 Å². The largest absolute Gasteiger partial charge is 0.497 e. The smallest absolute Gasteiger partial charge is 0.320 e. The summed E-state index contributed by atoms with van der Waals surface area (Å²) in [5.41, 5.74) is 0.959. The fourth-order valence-corrected chi connectivity index (χ4v) is 2.26. The molecule has 2 rings (SSSR count). The van der Waals surface area contributed by atoms with Crippen LogP contribution in [0.25, 0.3) is 0 Å². The maximum absolute atomic E-state index is 11.0. The number of carboxylic acid groups (broad SMARTS) is 1. The van der Waals surface area contributed by atoms with Gasteiger partial charge < -0.3 is 14.9 Å². The minimum atomic E-state index is -0.924. The Labute approximate surface area is 105 Å².